The van der Waals surface area contributed by atoms with Crippen LogP contribution in [0.5, 0.6) is 0 Å². The van der Waals surface area contributed by atoms with E-state index in [9.17, 15) is 4.79 Å². The van der Waals surface area contributed by atoms with Crippen molar-refractivity contribution in [3.05, 3.63) is 41.7 Å². The smallest absolute Gasteiger partial charge is 0.316 e. The molecule has 19 heavy (non-hydrogen) atoms. The van der Waals surface area contributed by atoms with Gasteiger partial charge in [0.25, 0.3) is 0 Å². The van der Waals surface area contributed by atoms with E-state index in [-0.39, 0.29) is 11.7 Å². The predicted octanol–water partition coefficient (Wildman–Crippen LogP) is 2.75. The Bertz CT molecular complexity index is 593. The molecule has 0 saturated carbocycles. The number of aromatic nitrogens is 2. The Morgan fingerprint density at radius 2 is 2.21 bits per heavy atom. The third-order valence-electron chi connectivity index (χ3n) is 2.78. The van der Waals surface area contributed by atoms with Crippen LogP contribution in [-0.2, 0) is 9.53 Å². The highest BCUT2D eigenvalue weighted by Crippen LogP contribution is 2.23. The summed E-state index contributed by atoms with van der Waals surface area (Å²) in [6.45, 7) is 4.12. The molecule has 2 aromatic rings. The molecule has 100 valence electrons. The molecule has 0 N–H and O–H groups in total. The first-order valence-corrected chi connectivity index (χ1v) is 6.91. The average molecular weight is 276 g/mol. The molecule has 0 spiro atoms. The van der Waals surface area contributed by atoms with Crippen molar-refractivity contribution in [3.63, 3.8) is 0 Å². The Morgan fingerprint density at radius 3 is 2.95 bits per heavy atom. The molecule has 0 saturated heterocycles. The minimum absolute atomic E-state index is 0.250. The summed E-state index contributed by atoms with van der Waals surface area (Å²) in [6, 6.07) is 6.27. The first-order valence-electron chi connectivity index (χ1n) is 5.92. The quantitative estimate of drug-likeness (QED) is 0.636. The van der Waals surface area contributed by atoms with Crippen molar-refractivity contribution in [2.24, 2.45) is 0 Å². The van der Waals surface area contributed by atoms with E-state index in [0.717, 1.165) is 10.8 Å². The van der Waals surface area contributed by atoms with Gasteiger partial charge in [-0.3, -0.25) is 9.36 Å². The maximum Gasteiger partial charge on any atom is 0.316 e. The lowest BCUT2D eigenvalue weighted by Gasteiger charge is -2.11. The summed E-state index contributed by atoms with van der Waals surface area (Å²) in [5.74, 6) is 0.0128. The Balaban J connectivity index is 2.28. The Hall–Kier alpha value is -1.75. The van der Waals surface area contributed by atoms with Gasteiger partial charge in [0.2, 0.25) is 0 Å². The standard InChI is InChI=1S/C14H16N2O2S/c1-10-4-5-11(2)12(8-10)16-7-6-15-14(16)19-9-13(17)18-3/h4-8H,9H2,1-3H3. The lowest BCUT2D eigenvalue weighted by Crippen LogP contribution is -2.05. The summed E-state index contributed by atoms with van der Waals surface area (Å²) in [5.41, 5.74) is 3.45. The molecule has 0 atom stereocenters. The van der Waals surface area contributed by atoms with Crippen LogP contribution in [0.2, 0.25) is 0 Å². The number of aryl methyl sites for hydroxylation is 2. The van der Waals surface area contributed by atoms with Gasteiger partial charge in [-0.05, 0) is 31.0 Å². The number of ether oxygens (including phenoxy) is 1. The van der Waals surface area contributed by atoms with Crippen molar-refractivity contribution < 1.29 is 9.53 Å². The number of thioether (sulfide) groups is 1. The van der Waals surface area contributed by atoms with Crippen LogP contribution in [0.4, 0.5) is 0 Å². The number of esters is 1. The molecule has 0 aliphatic rings. The van der Waals surface area contributed by atoms with E-state index >= 15 is 0 Å². The molecule has 0 aliphatic heterocycles. The van der Waals surface area contributed by atoms with Gasteiger partial charge in [0.1, 0.15) is 0 Å². The molecule has 0 bridgehead atoms. The number of nitrogens with zero attached hydrogens (tertiary/aromatic N) is 2. The molecule has 1 aromatic carbocycles. The zero-order chi connectivity index (χ0) is 13.8. The third-order valence-corrected chi connectivity index (χ3v) is 3.72. The van der Waals surface area contributed by atoms with Crippen molar-refractivity contribution in [1.82, 2.24) is 9.55 Å². The van der Waals surface area contributed by atoms with Gasteiger partial charge in [-0.1, -0.05) is 23.9 Å². The van der Waals surface area contributed by atoms with Crippen molar-refractivity contribution >= 4 is 17.7 Å². The zero-order valence-corrected chi connectivity index (χ0v) is 12.0. The second-order valence-electron chi connectivity index (χ2n) is 4.23. The maximum absolute atomic E-state index is 11.2. The molecular weight excluding hydrogens is 260 g/mol. The fourth-order valence-corrected chi connectivity index (χ4v) is 2.54. The van der Waals surface area contributed by atoms with E-state index in [4.69, 9.17) is 0 Å². The normalized spacial score (nSPS) is 10.5. The Labute approximate surface area is 116 Å². The van der Waals surface area contributed by atoms with Crippen molar-refractivity contribution in [2.45, 2.75) is 19.0 Å². The lowest BCUT2D eigenvalue weighted by molar-refractivity contribution is -0.137. The van der Waals surface area contributed by atoms with E-state index < -0.39 is 0 Å². The predicted molar refractivity (Wildman–Crippen MR) is 75.8 cm³/mol. The molecule has 4 nitrogen and oxygen atoms in total. The van der Waals surface area contributed by atoms with Gasteiger partial charge in [0, 0.05) is 12.4 Å². The first kappa shape index (κ1) is 13.7. The van der Waals surface area contributed by atoms with Crippen LogP contribution in [0.3, 0.4) is 0 Å². The third kappa shape index (κ3) is 3.17. The van der Waals surface area contributed by atoms with Crippen LogP contribution >= 0.6 is 11.8 Å². The zero-order valence-electron chi connectivity index (χ0n) is 11.2. The summed E-state index contributed by atoms with van der Waals surface area (Å²) in [5, 5.41) is 0.791. The maximum atomic E-state index is 11.2. The van der Waals surface area contributed by atoms with Crippen LogP contribution in [0.1, 0.15) is 11.1 Å². The Kier molecular flexibility index (Phi) is 4.27. The van der Waals surface area contributed by atoms with E-state index in [1.54, 1.807) is 6.20 Å². The van der Waals surface area contributed by atoms with Gasteiger partial charge in [-0.15, -0.1) is 0 Å². The molecule has 0 fully saturated rings. The van der Waals surface area contributed by atoms with Gasteiger partial charge in [0.15, 0.2) is 5.16 Å². The average Bonchev–Trinajstić information content (AvgIpc) is 2.87. The highest BCUT2D eigenvalue weighted by atomic mass is 32.2. The molecule has 1 aromatic heterocycles. The first-order chi connectivity index (χ1) is 9.11. The van der Waals surface area contributed by atoms with E-state index in [2.05, 4.69) is 41.8 Å². The van der Waals surface area contributed by atoms with Crippen LogP contribution in [0, 0.1) is 13.8 Å². The molecule has 0 aliphatic carbocycles. The van der Waals surface area contributed by atoms with Crippen LogP contribution < -0.4 is 0 Å². The van der Waals surface area contributed by atoms with Gasteiger partial charge in [0.05, 0.1) is 18.6 Å². The van der Waals surface area contributed by atoms with Crippen molar-refractivity contribution in [3.8, 4) is 5.69 Å². The number of hydrogen-bond donors (Lipinski definition) is 0. The minimum atomic E-state index is -0.250. The summed E-state index contributed by atoms with van der Waals surface area (Å²) >= 11 is 1.37. The monoisotopic (exact) mass is 276 g/mol. The number of imidazole rings is 1. The highest BCUT2D eigenvalue weighted by molar-refractivity contribution is 7.99. The second kappa shape index (κ2) is 5.93. The van der Waals surface area contributed by atoms with Crippen LogP contribution in [0.15, 0.2) is 35.7 Å². The summed E-state index contributed by atoms with van der Waals surface area (Å²) in [6.07, 6.45) is 3.64. The minimum Gasteiger partial charge on any atom is -0.468 e. The molecule has 5 heteroatoms. The summed E-state index contributed by atoms with van der Waals surface area (Å²) in [4.78, 5) is 15.5. The number of rotatable bonds is 4. The fourth-order valence-electron chi connectivity index (χ4n) is 1.74. The molecule has 0 radical (unpaired) electrons. The molecular formula is C14H16N2O2S. The van der Waals surface area contributed by atoms with Gasteiger partial charge >= 0.3 is 5.97 Å². The molecule has 0 amide bonds. The number of methoxy groups -OCH3 is 1. The van der Waals surface area contributed by atoms with E-state index in [1.807, 2.05) is 10.8 Å². The largest absolute Gasteiger partial charge is 0.468 e. The van der Waals surface area contributed by atoms with Gasteiger partial charge in [-0.2, -0.15) is 0 Å². The van der Waals surface area contributed by atoms with Crippen molar-refractivity contribution in [2.75, 3.05) is 12.9 Å². The second-order valence-corrected chi connectivity index (χ2v) is 5.18. The topological polar surface area (TPSA) is 44.1 Å². The van der Waals surface area contributed by atoms with E-state index in [1.165, 1.54) is 30.0 Å². The summed E-state index contributed by atoms with van der Waals surface area (Å²) in [7, 11) is 1.39. The molecule has 0 unspecified atom stereocenters. The van der Waals surface area contributed by atoms with E-state index in [0.29, 0.717) is 0 Å². The molecule has 2 rings (SSSR count). The molecule has 1 heterocycles. The Morgan fingerprint density at radius 1 is 1.42 bits per heavy atom. The number of carbonyl (C=O) groups is 1. The lowest BCUT2D eigenvalue weighted by atomic mass is 10.1. The van der Waals surface area contributed by atoms with Gasteiger partial charge in [-0.25, -0.2) is 4.98 Å². The number of carbonyl (C=O) groups excluding carboxylic acids is 1. The van der Waals surface area contributed by atoms with Crippen LogP contribution in [-0.4, -0.2) is 28.4 Å². The number of benzene rings is 1. The SMILES string of the molecule is COC(=O)CSc1nccn1-c1cc(C)ccc1C. The fraction of sp³-hybridized carbons (Fsp3) is 0.286. The summed E-state index contributed by atoms with van der Waals surface area (Å²) < 4.78 is 6.64. The van der Waals surface area contributed by atoms with Crippen LogP contribution in [0.25, 0.3) is 5.69 Å². The number of hydrogen-bond acceptors (Lipinski definition) is 4. The van der Waals surface area contributed by atoms with Crippen molar-refractivity contribution in [1.29, 1.82) is 0 Å². The highest BCUT2D eigenvalue weighted by Gasteiger charge is 2.10. The van der Waals surface area contributed by atoms with Gasteiger partial charge < -0.3 is 4.74 Å².